The molecule has 36 heavy (non-hydrogen) atoms. The summed E-state index contributed by atoms with van der Waals surface area (Å²) in [6.07, 6.45) is 12.9. The minimum Gasteiger partial charge on any atom is -0.479 e. The Bertz CT molecular complexity index is 820. The lowest BCUT2D eigenvalue weighted by molar-refractivity contribution is -0.204. The molecule has 0 spiro atoms. The van der Waals surface area contributed by atoms with Crippen LogP contribution in [-0.4, -0.2) is 35.9 Å². The number of ketones is 1. The fourth-order valence-corrected chi connectivity index (χ4v) is 10.4. The Hall–Kier alpha value is -0.940. The zero-order valence-corrected chi connectivity index (χ0v) is 23.2. The molecule has 1 aliphatic heterocycles. The van der Waals surface area contributed by atoms with E-state index in [0.29, 0.717) is 47.9 Å². The Balaban J connectivity index is 1.34. The average molecular weight is 503 g/mol. The van der Waals surface area contributed by atoms with Crippen molar-refractivity contribution in [1.82, 2.24) is 0 Å². The first-order chi connectivity index (χ1) is 17.2. The van der Waals surface area contributed by atoms with Gasteiger partial charge in [-0.15, -0.1) is 0 Å². The fraction of sp³-hybridized carbons (Fsp3) is 0.935. The summed E-state index contributed by atoms with van der Waals surface area (Å²) in [7, 11) is 0. The summed E-state index contributed by atoms with van der Waals surface area (Å²) in [5.41, 5.74) is 0.446. The van der Waals surface area contributed by atoms with Crippen LogP contribution in [0.25, 0.3) is 0 Å². The molecule has 0 aromatic rings. The van der Waals surface area contributed by atoms with E-state index >= 15 is 0 Å². The van der Waals surface area contributed by atoms with Crippen molar-refractivity contribution in [3.05, 3.63) is 0 Å². The number of aliphatic carboxylic acids is 1. The van der Waals surface area contributed by atoms with Crippen LogP contribution in [0, 0.1) is 52.3 Å². The van der Waals surface area contributed by atoms with Gasteiger partial charge < -0.3 is 14.6 Å². The summed E-state index contributed by atoms with van der Waals surface area (Å²) in [4.78, 5) is 26.3. The first-order valence-electron chi connectivity index (χ1n) is 15.2. The van der Waals surface area contributed by atoms with Crippen molar-refractivity contribution in [2.45, 2.75) is 124 Å². The Kier molecular flexibility index (Phi) is 7.64. The van der Waals surface area contributed by atoms with Crippen molar-refractivity contribution in [2.75, 3.05) is 6.61 Å². The van der Waals surface area contributed by atoms with Crippen LogP contribution in [-0.2, 0) is 19.1 Å². The standard InChI is InChI=1S/C31H50O5/c1-5-20-22-10-6-8-15-30(22,3)24-14-16-31(4)21(12-13-23(31)27(24)28(20)32)19(2)18-25(29(33)34)36-26-11-7-9-17-35-26/h19-27H,5-18H2,1-4H3,(H,33,34)/t19-,20-,21-,22+,23+,24+,25?,26?,27+,30+,31-/m1/s1. The molecule has 4 aliphatic carbocycles. The van der Waals surface area contributed by atoms with Gasteiger partial charge in [-0.05, 0) is 111 Å². The first-order valence-corrected chi connectivity index (χ1v) is 15.2. The highest BCUT2D eigenvalue weighted by Crippen LogP contribution is 2.68. The van der Waals surface area contributed by atoms with Gasteiger partial charge in [0.05, 0.1) is 0 Å². The van der Waals surface area contributed by atoms with E-state index in [-0.39, 0.29) is 29.5 Å². The summed E-state index contributed by atoms with van der Waals surface area (Å²) in [5, 5.41) is 9.95. The quantitative estimate of drug-likeness (QED) is 0.411. The van der Waals surface area contributed by atoms with Gasteiger partial charge in [0, 0.05) is 18.4 Å². The van der Waals surface area contributed by atoms with Crippen LogP contribution in [0.15, 0.2) is 0 Å². The second-order valence-corrected chi connectivity index (χ2v) is 13.7. The molecule has 204 valence electrons. The average Bonchev–Trinajstić information content (AvgIpc) is 3.22. The number of hydrogen-bond acceptors (Lipinski definition) is 4. The molecular weight excluding hydrogens is 452 g/mol. The van der Waals surface area contributed by atoms with E-state index < -0.39 is 12.1 Å². The van der Waals surface area contributed by atoms with Crippen LogP contribution in [0.1, 0.15) is 111 Å². The lowest BCUT2D eigenvalue weighted by Gasteiger charge is -2.62. The molecule has 0 radical (unpaired) electrons. The SMILES string of the molecule is CC[C@H]1C(=O)[C@@H]2[C@H](CC[C@]3(C)[C@@H]([C@H](C)CC(OC4CCCCO4)C(=O)O)CC[C@@H]23)[C@@]2(C)CCCC[C@@H]12. The molecule has 4 saturated carbocycles. The van der Waals surface area contributed by atoms with E-state index in [4.69, 9.17) is 9.47 Å². The largest absolute Gasteiger partial charge is 0.479 e. The van der Waals surface area contributed by atoms with Crippen molar-refractivity contribution < 1.29 is 24.2 Å². The predicted molar refractivity (Wildman–Crippen MR) is 139 cm³/mol. The number of rotatable bonds is 7. The van der Waals surface area contributed by atoms with Gasteiger partial charge in [-0.3, -0.25) is 4.79 Å². The maximum atomic E-state index is 14.1. The predicted octanol–water partition coefficient (Wildman–Crippen LogP) is 6.87. The molecule has 0 aromatic heterocycles. The molecule has 0 aromatic carbocycles. The summed E-state index contributed by atoms with van der Waals surface area (Å²) < 4.78 is 11.7. The van der Waals surface area contributed by atoms with Gasteiger partial charge in [0.1, 0.15) is 5.78 Å². The van der Waals surface area contributed by atoms with Crippen LogP contribution < -0.4 is 0 Å². The van der Waals surface area contributed by atoms with Crippen molar-refractivity contribution in [3.63, 3.8) is 0 Å². The molecule has 5 heteroatoms. The Labute approximate surface area is 218 Å². The number of ether oxygens (including phenoxy) is 2. The minimum atomic E-state index is -0.871. The highest BCUT2D eigenvalue weighted by Gasteiger charge is 2.64. The van der Waals surface area contributed by atoms with E-state index in [1.807, 2.05) is 0 Å². The summed E-state index contributed by atoms with van der Waals surface area (Å²) in [5.74, 6) is 2.47. The second kappa shape index (κ2) is 10.3. The normalized spacial score (nSPS) is 46.3. The molecule has 5 nitrogen and oxygen atoms in total. The smallest absolute Gasteiger partial charge is 0.332 e. The van der Waals surface area contributed by atoms with Gasteiger partial charge in [0.25, 0.3) is 0 Å². The van der Waals surface area contributed by atoms with Crippen molar-refractivity contribution >= 4 is 11.8 Å². The van der Waals surface area contributed by atoms with Crippen LogP contribution in [0.3, 0.4) is 0 Å². The highest BCUT2D eigenvalue weighted by molar-refractivity contribution is 5.86. The number of carbonyl (C=O) groups is 2. The van der Waals surface area contributed by atoms with Gasteiger partial charge in [0.15, 0.2) is 12.4 Å². The number of carboxylic acid groups (broad SMARTS) is 1. The Morgan fingerprint density at radius 1 is 1.00 bits per heavy atom. The van der Waals surface area contributed by atoms with E-state index in [9.17, 15) is 14.7 Å². The molecule has 0 amide bonds. The number of Topliss-reactive ketones (excluding diaryl/α,β-unsaturated/α-hetero) is 1. The first kappa shape index (κ1) is 26.7. The van der Waals surface area contributed by atoms with Crippen molar-refractivity contribution in [3.8, 4) is 0 Å². The Morgan fingerprint density at radius 2 is 1.75 bits per heavy atom. The van der Waals surface area contributed by atoms with Crippen LogP contribution in [0.4, 0.5) is 0 Å². The third-order valence-electron chi connectivity index (χ3n) is 12.1. The van der Waals surface area contributed by atoms with Crippen molar-refractivity contribution in [1.29, 1.82) is 0 Å². The highest BCUT2D eigenvalue weighted by atomic mass is 16.7. The third kappa shape index (κ3) is 4.38. The third-order valence-corrected chi connectivity index (χ3v) is 12.1. The summed E-state index contributed by atoms with van der Waals surface area (Å²) >= 11 is 0. The maximum Gasteiger partial charge on any atom is 0.332 e. The van der Waals surface area contributed by atoms with E-state index in [1.54, 1.807) is 0 Å². The van der Waals surface area contributed by atoms with Crippen LogP contribution in [0.5, 0.6) is 0 Å². The zero-order valence-electron chi connectivity index (χ0n) is 23.2. The maximum absolute atomic E-state index is 14.1. The van der Waals surface area contributed by atoms with Gasteiger partial charge in [-0.25, -0.2) is 4.79 Å². The monoisotopic (exact) mass is 502 g/mol. The lowest BCUT2D eigenvalue weighted by atomic mass is 9.42. The molecule has 1 saturated heterocycles. The molecule has 1 N–H and O–H groups in total. The molecule has 2 unspecified atom stereocenters. The molecule has 0 bridgehead atoms. The molecule has 11 atom stereocenters. The zero-order chi connectivity index (χ0) is 25.7. The molecule has 1 heterocycles. The van der Waals surface area contributed by atoms with Gasteiger partial charge in [0.2, 0.25) is 0 Å². The number of fused-ring (bicyclic) bond motifs is 5. The van der Waals surface area contributed by atoms with Gasteiger partial charge in [-0.1, -0.05) is 40.5 Å². The second-order valence-electron chi connectivity index (χ2n) is 13.7. The van der Waals surface area contributed by atoms with E-state index in [0.717, 1.165) is 38.5 Å². The fourth-order valence-electron chi connectivity index (χ4n) is 10.4. The lowest BCUT2D eigenvalue weighted by Crippen LogP contribution is -2.59. The molecule has 5 fully saturated rings. The number of carbonyl (C=O) groups excluding carboxylic acids is 1. The van der Waals surface area contributed by atoms with Crippen LogP contribution in [0.2, 0.25) is 0 Å². The summed E-state index contributed by atoms with van der Waals surface area (Å²) in [6.45, 7) is 10.1. The van der Waals surface area contributed by atoms with Crippen molar-refractivity contribution in [2.24, 2.45) is 52.3 Å². The van der Waals surface area contributed by atoms with Gasteiger partial charge >= 0.3 is 5.97 Å². The Morgan fingerprint density at radius 3 is 2.44 bits per heavy atom. The van der Waals surface area contributed by atoms with E-state index in [2.05, 4.69) is 27.7 Å². The number of hydrogen-bond donors (Lipinski definition) is 1. The van der Waals surface area contributed by atoms with Crippen LogP contribution >= 0.6 is 0 Å². The van der Waals surface area contributed by atoms with E-state index in [1.165, 1.54) is 38.5 Å². The minimum absolute atomic E-state index is 0.122. The molecular formula is C31H50O5. The topological polar surface area (TPSA) is 72.8 Å². The molecule has 5 rings (SSSR count). The summed E-state index contributed by atoms with van der Waals surface area (Å²) in [6, 6.07) is 0. The number of carboxylic acids is 1. The van der Waals surface area contributed by atoms with Gasteiger partial charge in [-0.2, -0.15) is 0 Å². The molecule has 5 aliphatic rings.